The van der Waals surface area contributed by atoms with E-state index in [2.05, 4.69) is 25.2 Å². The molecule has 1 atom stereocenters. The van der Waals surface area contributed by atoms with Gasteiger partial charge >= 0.3 is 6.01 Å². The molecule has 1 rings (SSSR count). The minimum absolute atomic E-state index is 0.108. The highest BCUT2D eigenvalue weighted by molar-refractivity contribution is 6.28. The van der Waals surface area contributed by atoms with Gasteiger partial charge in [-0.1, -0.05) is 17.1 Å². The van der Waals surface area contributed by atoms with Gasteiger partial charge in [-0.25, -0.2) is 0 Å². The molecule has 0 radical (unpaired) electrons. The van der Waals surface area contributed by atoms with Crippen LogP contribution in [0.3, 0.4) is 0 Å². The van der Waals surface area contributed by atoms with Gasteiger partial charge in [0.05, 0.1) is 0 Å². The Labute approximate surface area is 94.8 Å². The fourth-order valence-corrected chi connectivity index (χ4v) is 0.859. The summed E-state index contributed by atoms with van der Waals surface area (Å²) in [5.74, 6) is 0. The smallest absolute Gasteiger partial charge is 0.355 e. The van der Waals surface area contributed by atoms with E-state index in [-0.39, 0.29) is 17.9 Å². The molecule has 88 valence electrons. The summed E-state index contributed by atoms with van der Waals surface area (Å²) in [7, 11) is 0. The Bertz CT molecular complexity index is 347. The summed E-state index contributed by atoms with van der Waals surface area (Å²) in [6, 6.07) is -0.108. The van der Waals surface area contributed by atoms with Crippen LogP contribution in [0.5, 0.6) is 6.01 Å². The molecule has 0 N–H and O–H groups in total. The number of halogens is 1. The van der Waals surface area contributed by atoms with E-state index in [1.165, 1.54) is 0 Å². The van der Waals surface area contributed by atoms with Crippen molar-refractivity contribution in [3.63, 3.8) is 0 Å². The van der Waals surface area contributed by atoms with Gasteiger partial charge in [0.1, 0.15) is 12.7 Å². The molecule has 10 heteroatoms. The summed E-state index contributed by atoms with van der Waals surface area (Å²) in [6.07, 6.45) is -0.0602. The van der Waals surface area contributed by atoms with Crippen LogP contribution in [0.15, 0.2) is 0 Å². The largest absolute Gasteiger partial charge is 0.456 e. The molecule has 0 aliphatic heterocycles. The third-order valence-corrected chi connectivity index (χ3v) is 1.68. The zero-order chi connectivity index (χ0) is 12.0. The molecule has 0 aliphatic rings. The minimum atomic E-state index is -0.898. The van der Waals surface area contributed by atoms with Crippen LogP contribution in [-0.2, 0) is 4.84 Å². The summed E-state index contributed by atoms with van der Waals surface area (Å²) in [6.45, 7) is 1.56. The summed E-state index contributed by atoms with van der Waals surface area (Å²) in [5, 5.41) is 22.8. The SMILES string of the molecule is CCC(CO[N+](=O)[O-])Oc1nnc(Cl)nn1. The van der Waals surface area contributed by atoms with Crippen molar-refractivity contribution in [3.8, 4) is 6.01 Å². The number of nitrogens with zero attached hydrogens (tertiary/aromatic N) is 5. The van der Waals surface area contributed by atoms with Crippen LogP contribution in [0, 0.1) is 10.1 Å². The molecule has 0 saturated heterocycles. The van der Waals surface area contributed by atoms with Gasteiger partial charge in [-0.2, -0.15) is 0 Å². The molecule has 9 nitrogen and oxygen atoms in total. The standard InChI is InChI=1S/C6H8ClN5O4/c1-2-4(3-15-12(13)14)16-6-10-8-5(7)9-11-6/h4H,2-3H2,1H3. The lowest BCUT2D eigenvalue weighted by atomic mass is 10.3. The quantitative estimate of drug-likeness (QED) is 0.522. The Morgan fingerprint density at radius 3 is 2.56 bits per heavy atom. The third kappa shape index (κ3) is 4.17. The average molecular weight is 250 g/mol. The Morgan fingerprint density at radius 2 is 2.06 bits per heavy atom. The molecule has 1 aromatic heterocycles. The van der Waals surface area contributed by atoms with E-state index < -0.39 is 11.2 Å². The fourth-order valence-electron chi connectivity index (χ4n) is 0.783. The summed E-state index contributed by atoms with van der Waals surface area (Å²) in [4.78, 5) is 14.1. The first-order chi connectivity index (χ1) is 7.61. The Morgan fingerprint density at radius 1 is 1.44 bits per heavy atom. The zero-order valence-corrected chi connectivity index (χ0v) is 8.99. The number of hydrogen-bond acceptors (Lipinski definition) is 8. The monoisotopic (exact) mass is 249 g/mol. The van der Waals surface area contributed by atoms with Crippen LogP contribution in [0.25, 0.3) is 0 Å². The molecule has 0 saturated carbocycles. The van der Waals surface area contributed by atoms with Crippen molar-refractivity contribution in [1.29, 1.82) is 0 Å². The van der Waals surface area contributed by atoms with E-state index in [4.69, 9.17) is 16.3 Å². The lowest BCUT2D eigenvalue weighted by molar-refractivity contribution is -0.759. The molecule has 1 aromatic rings. The van der Waals surface area contributed by atoms with Crippen molar-refractivity contribution in [2.24, 2.45) is 0 Å². The Hall–Kier alpha value is -1.77. The van der Waals surface area contributed by atoms with Crippen molar-refractivity contribution in [1.82, 2.24) is 20.4 Å². The van der Waals surface area contributed by atoms with Crippen molar-refractivity contribution in [2.75, 3.05) is 6.61 Å². The molecule has 16 heavy (non-hydrogen) atoms. The maximum absolute atomic E-state index is 9.97. The first-order valence-electron chi connectivity index (χ1n) is 4.28. The second-order valence-electron chi connectivity index (χ2n) is 2.62. The molecule has 0 spiro atoms. The van der Waals surface area contributed by atoms with Crippen LogP contribution in [0.4, 0.5) is 0 Å². The van der Waals surface area contributed by atoms with Gasteiger partial charge in [0.25, 0.3) is 10.4 Å². The van der Waals surface area contributed by atoms with Crippen LogP contribution in [0.2, 0.25) is 5.28 Å². The van der Waals surface area contributed by atoms with Gasteiger partial charge in [-0.05, 0) is 18.0 Å². The second kappa shape index (κ2) is 5.95. The summed E-state index contributed by atoms with van der Waals surface area (Å²) >= 11 is 5.37. The van der Waals surface area contributed by atoms with Gasteiger partial charge in [0, 0.05) is 0 Å². The van der Waals surface area contributed by atoms with E-state index in [9.17, 15) is 10.1 Å². The zero-order valence-electron chi connectivity index (χ0n) is 8.24. The van der Waals surface area contributed by atoms with Crippen LogP contribution in [-0.4, -0.2) is 38.2 Å². The molecule has 1 heterocycles. The first-order valence-corrected chi connectivity index (χ1v) is 4.66. The highest BCUT2D eigenvalue weighted by atomic mass is 35.5. The highest BCUT2D eigenvalue weighted by Crippen LogP contribution is 2.05. The van der Waals surface area contributed by atoms with E-state index >= 15 is 0 Å². The van der Waals surface area contributed by atoms with Crippen LogP contribution in [0.1, 0.15) is 13.3 Å². The Balaban J connectivity index is 2.49. The van der Waals surface area contributed by atoms with E-state index in [0.717, 1.165) is 0 Å². The molecule has 0 bridgehead atoms. The molecule has 0 amide bonds. The van der Waals surface area contributed by atoms with Crippen molar-refractivity contribution in [2.45, 2.75) is 19.4 Å². The third-order valence-electron chi connectivity index (χ3n) is 1.53. The highest BCUT2D eigenvalue weighted by Gasteiger charge is 2.13. The predicted molar refractivity (Wildman–Crippen MR) is 50.3 cm³/mol. The molecule has 0 aliphatic carbocycles. The van der Waals surface area contributed by atoms with Crippen molar-refractivity contribution >= 4 is 11.6 Å². The van der Waals surface area contributed by atoms with E-state index in [0.29, 0.717) is 6.42 Å². The Kier molecular flexibility index (Phi) is 4.58. The average Bonchev–Trinajstić information content (AvgIpc) is 2.26. The summed E-state index contributed by atoms with van der Waals surface area (Å²) < 4.78 is 5.13. The van der Waals surface area contributed by atoms with Gasteiger partial charge in [0.2, 0.25) is 0 Å². The lowest BCUT2D eigenvalue weighted by Crippen LogP contribution is -2.25. The van der Waals surface area contributed by atoms with E-state index in [1.54, 1.807) is 6.92 Å². The van der Waals surface area contributed by atoms with Crippen molar-refractivity contribution in [3.05, 3.63) is 15.4 Å². The van der Waals surface area contributed by atoms with Crippen LogP contribution >= 0.6 is 11.6 Å². The molecule has 1 unspecified atom stereocenters. The van der Waals surface area contributed by atoms with Gasteiger partial charge in [0.15, 0.2) is 0 Å². The van der Waals surface area contributed by atoms with Gasteiger partial charge in [-0.3, -0.25) is 0 Å². The maximum atomic E-state index is 9.97. The number of hydrogen-bond donors (Lipinski definition) is 0. The molecular weight excluding hydrogens is 242 g/mol. The molecule has 0 fully saturated rings. The van der Waals surface area contributed by atoms with Crippen molar-refractivity contribution < 1.29 is 14.7 Å². The number of rotatable bonds is 6. The molecular formula is C6H8ClN5O4. The molecule has 0 aromatic carbocycles. The predicted octanol–water partition coefficient (Wildman–Crippen LogP) is 0.286. The fraction of sp³-hybridized carbons (Fsp3) is 0.667. The van der Waals surface area contributed by atoms with Gasteiger partial charge < -0.3 is 9.57 Å². The number of ether oxygens (including phenoxy) is 1. The summed E-state index contributed by atoms with van der Waals surface area (Å²) in [5.41, 5.74) is 0. The van der Waals surface area contributed by atoms with Crippen LogP contribution < -0.4 is 4.74 Å². The number of aromatic nitrogens is 4. The maximum Gasteiger partial charge on any atom is 0.355 e. The first kappa shape index (κ1) is 12.3. The van der Waals surface area contributed by atoms with Gasteiger partial charge in [-0.15, -0.1) is 20.3 Å². The normalized spacial score (nSPS) is 11.9. The topological polar surface area (TPSA) is 113 Å². The minimum Gasteiger partial charge on any atom is -0.456 e. The van der Waals surface area contributed by atoms with E-state index in [1.807, 2.05) is 0 Å². The second-order valence-corrected chi connectivity index (χ2v) is 2.96. The lowest BCUT2D eigenvalue weighted by Gasteiger charge is -2.13.